The Bertz CT molecular complexity index is 5370. The van der Waals surface area contributed by atoms with E-state index in [1.54, 1.807) is 91.8 Å². The van der Waals surface area contributed by atoms with Gasteiger partial charge in [0, 0.05) is 207 Å². The lowest BCUT2D eigenvalue weighted by Gasteiger charge is -2.35. The summed E-state index contributed by atoms with van der Waals surface area (Å²) in [5.74, 6) is 0.0311. The second kappa shape index (κ2) is 49.8. The van der Waals surface area contributed by atoms with Crippen molar-refractivity contribution in [1.29, 1.82) is 0 Å². The molecule has 3 aliphatic carbocycles. The van der Waals surface area contributed by atoms with Gasteiger partial charge in [-0.2, -0.15) is 0 Å². The topological polar surface area (TPSA) is 346 Å². The summed E-state index contributed by atoms with van der Waals surface area (Å²) in [6.07, 6.45) is 20.9. The monoisotopic (exact) mass is 1840 g/mol. The van der Waals surface area contributed by atoms with Gasteiger partial charge in [-0.05, 0) is 206 Å². The molecule has 6 N–H and O–H groups in total. The molecule has 712 valence electrons. The van der Waals surface area contributed by atoms with Crippen LogP contribution in [0.15, 0.2) is 226 Å². The number of aromatic carboxylic acids is 1. The summed E-state index contributed by atoms with van der Waals surface area (Å²) in [6.45, 7) is 21.1. The molecule has 4 aliphatic heterocycles. The summed E-state index contributed by atoms with van der Waals surface area (Å²) in [5.41, 5.74) is 13.4. The van der Waals surface area contributed by atoms with Gasteiger partial charge < -0.3 is 56.2 Å². The molecule has 33 heteroatoms. The number of nitrogens with zero attached hydrogens (tertiary/aromatic N) is 16. The number of hydrogen-bond donors (Lipinski definition) is 5. The highest BCUT2D eigenvalue weighted by Crippen LogP contribution is 2.46. The maximum absolute atomic E-state index is 13.6. The second-order valence-corrected chi connectivity index (χ2v) is 35.0. The van der Waals surface area contributed by atoms with Gasteiger partial charge in [-0.15, -0.1) is 13.2 Å². The predicted octanol–water partition coefficient (Wildman–Crippen LogP) is 10.4. The Hall–Kier alpha value is -13.0. The molecule has 3 aromatic heterocycles. The Morgan fingerprint density at radius 2 is 0.763 bits per heavy atom. The SMILES string of the molecule is C=CCN(CCC[C@H](N)C(=O)N1CCN(C)CC1)[C@@H]1C[C@H]1c1ccc(F)cc1.C=CCN(CCC[C@H](NC(=O)c1ccc(-c2ncccn2)cc1)C(=O)N1CCN(C)CC1)[C@@H]1C[C@H]1c1ccc(F)cc1.CN1C(=O)CC(=O)N(C)C1=O.CN1CCN(C(=O)[C@H](CCCN[C@@H]2C[C@H]2c2ccc(F)cc2)NC(=O)c2ccc(-c3ncccn3)cc2)CC1.O=C(O)c1ccc(-c2ncccn2)cc1. The number of imide groups is 2. The molecule has 9 amide bonds. The molecule has 30 nitrogen and oxygen atoms in total. The standard InChI is InChI=1S/C33H39FN6O2.C30H35FN6O2.C22H33FN4O.C11H8N2O2.C6H8N2O3/c1-3-17-39(30-23-28(30)24-11-13-27(34)14-12-24)18-4-6-29(33(42)40-21-19-38(2)20-22-40)37-32(41)26-9-7-25(8-10-26)31-35-15-5-16-36-31;1-36-16-18-37(19-17-36)30(39)26(4-2-13-32-27-20-25(27)21-9-11-24(31)12-10-21)35-29(38)23-7-5-22(6-8-23)28-33-14-3-15-34-28;1-3-10-26(21-16-19(21)17-6-8-18(23)9-7-17)11-4-5-20(24)22(28)27-14-12-25(2)13-15-27;14-11(15)9-4-2-8(3-5-9)10-12-6-1-7-13-10;1-7-4(9)3-5(10)8(2)6(7)11/h3,5,7-16,28-30H,1,4,6,17-23H2,2H3,(H,37,41);3,5-12,14-15,25-27,32H,2,4,13,16-20H2,1H3,(H,35,38);3,6-9,19-21H,1,4-5,10-16,24H2,2H3;1-7H,(H,14,15);3H2,1-2H3/t28-,29-,30+;25-,26-,27+;19-,20-,21+;;/m000../s1. The Morgan fingerprint density at radius 3 is 1.11 bits per heavy atom. The maximum Gasteiger partial charge on any atom is 0.335 e. The zero-order valence-corrected chi connectivity index (χ0v) is 77.4. The van der Waals surface area contributed by atoms with E-state index in [1.807, 2.05) is 94.6 Å². The molecule has 7 aliphatic rings. The van der Waals surface area contributed by atoms with Crippen molar-refractivity contribution in [3.8, 4) is 34.2 Å². The average Bonchev–Trinajstić information content (AvgIpc) is 1.64. The van der Waals surface area contributed by atoms with Crippen LogP contribution in [-0.2, 0) is 24.0 Å². The number of carbonyl (C=O) groups excluding carboxylic acids is 8. The highest BCUT2D eigenvalue weighted by atomic mass is 19.1. The van der Waals surface area contributed by atoms with Crippen LogP contribution in [0.5, 0.6) is 0 Å². The minimum Gasteiger partial charge on any atom is -0.478 e. The van der Waals surface area contributed by atoms with Gasteiger partial charge in [-0.25, -0.2) is 52.7 Å². The van der Waals surface area contributed by atoms with Crippen LogP contribution in [0.3, 0.4) is 0 Å². The number of piperazine rings is 3. The normalized spacial score (nSPS) is 19.4. The van der Waals surface area contributed by atoms with Crippen LogP contribution < -0.4 is 21.7 Å². The number of urea groups is 1. The van der Waals surface area contributed by atoms with Crippen LogP contribution in [0, 0.1) is 17.5 Å². The molecular formula is C102H123F3N20O10. The zero-order valence-electron chi connectivity index (χ0n) is 77.4. The fraction of sp³-hybridized carbons (Fsp3) is 0.402. The Morgan fingerprint density at radius 1 is 0.437 bits per heavy atom. The number of nitrogens with one attached hydrogen (secondary N) is 3. The van der Waals surface area contributed by atoms with Gasteiger partial charge in [0.1, 0.15) is 36.0 Å². The number of nitrogens with two attached hydrogens (primary N) is 1. The second-order valence-electron chi connectivity index (χ2n) is 35.0. The molecule has 135 heavy (non-hydrogen) atoms. The summed E-state index contributed by atoms with van der Waals surface area (Å²) in [6, 6.07) is 45.3. The van der Waals surface area contributed by atoms with Crippen molar-refractivity contribution in [2.75, 3.05) is 146 Å². The Labute approximate surface area is 787 Å². The van der Waals surface area contributed by atoms with Crippen molar-refractivity contribution < 1.29 is 61.4 Å². The van der Waals surface area contributed by atoms with E-state index >= 15 is 0 Å². The van der Waals surface area contributed by atoms with Crippen molar-refractivity contribution in [1.82, 2.24) is 94.9 Å². The van der Waals surface area contributed by atoms with Gasteiger partial charge in [-0.1, -0.05) is 84.9 Å². The lowest BCUT2D eigenvalue weighted by Crippen LogP contribution is -2.54. The summed E-state index contributed by atoms with van der Waals surface area (Å²) in [7, 11) is 8.89. The quantitative estimate of drug-likeness (QED) is 0.0145. The molecule has 0 radical (unpaired) electrons. The average molecular weight is 1850 g/mol. The molecule has 7 fully saturated rings. The fourth-order valence-electron chi connectivity index (χ4n) is 16.9. The number of carboxylic acid groups (broad SMARTS) is 1. The first-order chi connectivity index (χ1) is 65.2. The number of carbonyl (C=O) groups is 9. The van der Waals surface area contributed by atoms with Crippen molar-refractivity contribution in [2.24, 2.45) is 5.73 Å². The van der Waals surface area contributed by atoms with E-state index in [4.69, 9.17) is 10.8 Å². The molecule has 9 atom stereocenters. The van der Waals surface area contributed by atoms with Crippen molar-refractivity contribution >= 4 is 53.4 Å². The number of halogens is 3. The third kappa shape index (κ3) is 29.7. The van der Waals surface area contributed by atoms with E-state index in [0.717, 1.165) is 161 Å². The molecule has 0 bridgehead atoms. The van der Waals surface area contributed by atoms with E-state index in [1.165, 1.54) is 68.2 Å². The van der Waals surface area contributed by atoms with Gasteiger partial charge in [0.15, 0.2) is 17.5 Å². The molecule has 9 aromatic rings. The first-order valence-corrected chi connectivity index (χ1v) is 46.1. The fourth-order valence-corrected chi connectivity index (χ4v) is 16.9. The van der Waals surface area contributed by atoms with Crippen molar-refractivity contribution in [3.63, 3.8) is 0 Å². The number of aromatic nitrogens is 6. The number of rotatable bonds is 33. The third-order valence-electron chi connectivity index (χ3n) is 25.3. The Balaban J connectivity index is 0.000000162. The van der Waals surface area contributed by atoms with Crippen LogP contribution in [0.25, 0.3) is 34.2 Å². The lowest BCUT2D eigenvalue weighted by molar-refractivity contribution is -0.141. The van der Waals surface area contributed by atoms with E-state index in [0.29, 0.717) is 110 Å². The van der Waals surface area contributed by atoms with Gasteiger partial charge in [0.25, 0.3) is 11.8 Å². The lowest BCUT2D eigenvalue weighted by atomic mass is 10.1. The van der Waals surface area contributed by atoms with E-state index < -0.39 is 41.9 Å². The van der Waals surface area contributed by atoms with E-state index in [2.05, 4.69) is 97.6 Å². The van der Waals surface area contributed by atoms with Gasteiger partial charge in [-0.3, -0.25) is 53.2 Å². The largest absolute Gasteiger partial charge is 0.478 e. The van der Waals surface area contributed by atoms with E-state index in [9.17, 15) is 56.3 Å². The number of amides is 9. The van der Waals surface area contributed by atoms with Crippen LogP contribution in [0.4, 0.5) is 18.0 Å². The van der Waals surface area contributed by atoms with Crippen LogP contribution >= 0.6 is 0 Å². The predicted molar refractivity (Wildman–Crippen MR) is 510 cm³/mol. The van der Waals surface area contributed by atoms with Gasteiger partial charge in [0.2, 0.25) is 29.5 Å². The minimum atomic E-state index is -0.935. The van der Waals surface area contributed by atoms with Crippen molar-refractivity contribution in [2.45, 2.75) is 118 Å². The highest BCUT2D eigenvalue weighted by molar-refractivity contribution is 6.13. The minimum absolute atomic E-state index is 0.0265. The zero-order chi connectivity index (χ0) is 96.0. The van der Waals surface area contributed by atoms with Gasteiger partial charge >= 0.3 is 12.0 Å². The summed E-state index contributed by atoms with van der Waals surface area (Å²) >= 11 is 0. The molecule has 3 saturated carbocycles. The molecular weight excluding hydrogens is 1720 g/mol. The molecule has 6 aromatic carbocycles. The smallest absolute Gasteiger partial charge is 0.335 e. The third-order valence-corrected chi connectivity index (χ3v) is 25.3. The summed E-state index contributed by atoms with van der Waals surface area (Å²) in [5, 5.41) is 18.3. The van der Waals surface area contributed by atoms with Crippen LogP contribution in [0.1, 0.15) is 130 Å². The number of carboxylic acids is 1. The highest BCUT2D eigenvalue weighted by Gasteiger charge is 2.44. The van der Waals surface area contributed by atoms with Crippen LogP contribution in [0.2, 0.25) is 0 Å². The maximum atomic E-state index is 13.6. The molecule has 4 saturated heterocycles. The number of barbiturate groups is 1. The number of benzene rings is 6. The van der Waals surface area contributed by atoms with E-state index in [-0.39, 0.29) is 59.0 Å². The summed E-state index contributed by atoms with van der Waals surface area (Å²) < 4.78 is 39.8. The van der Waals surface area contributed by atoms with Gasteiger partial charge in [0.05, 0.1) is 11.6 Å². The molecule has 7 heterocycles. The van der Waals surface area contributed by atoms with Crippen LogP contribution in [-0.4, -0.2) is 320 Å². The molecule has 0 unspecified atom stereocenters. The summed E-state index contributed by atoms with van der Waals surface area (Å²) in [4.78, 5) is 153. The Kier molecular flexibility index (Phi) is 37.3. The first-order valence-electron chi connectivity index (χ1n) is 46.1. The molecule has 0 spiro atoms. The molecule has 16 rings (SSSR count). The number of likely N-dealkylation sites (N-methyl/N-ethyl adjacent to an activating group) is 3. The first kappa shape index (κ1) is 101. The van der Waals surface area contributed by atoms with Crippen molar-refractivity contribution in [3.05, 3.63) is 277 Å². The number of hydrogen-bond acceptors (Lipinski definition) is 22.